The molecule has 0 bridgehead atoms. The van der Waals surface area contributed by atoms with Crippen LogP contribution in [-0.4, -0.2) is 30.7 Å². The lowest BCUT2D eigenvalue weighted by Crippen LogP contribution is -2.33. The molecule has 7 nitrogen and oxygen atoms in total. The third kappa shape index (κ3) is 8.44. The Labute approximate surface area is 165 Å². The normalized spacial score (nSPS) is 11.6. The summed E-state index contributed by atoms with van der Waals surface area (Å²) < 4.78 is 11.0. The first-order valence-electron chi connectivity index (χ1n) is 9.18. The van der Waals surface area contributed by atoms with E-state index in [1.807, 2.05) is 75.4 Å². The number of anilines is 1. The quantitative estimate of drug-likeness (QED) is 0.379. The molecule has 0 aliphatic rings. The summed E-state index contributed by atoms with van der Waals surface area (Å²) in [6.45, 7) is 6.41. The second-order valence-corrected chi connectivity index (χ2v) is 7.12. The Morgan fingerprint density at radius 2 is 1.79 bits per heavy atom. The molecule has 0 saturated carbocycles. The third-order valence-corrected chi connectivity index (χ3v) is 3.37. The molecule has 0 spiro atoms. The van der Waals surface area contributed by atoms with Gasteiger partial charge in [0.1, 0.15) is 17.1 Å². The van der Waals surface area contributed by atoms with E-state index in [-0.39, 0.29) is 0 Å². The van der Waals surface area contributed by atoms with E-state index < -0.39 is 11.7 Å². The maximum Gasteiger partial charge on any atom is 0.407 e. The minimum Gasteiger partial charge on any atom is -0.457 e. The average Bonchev–Trinajstić information content (AvgIpc) is 2.61. The zero-order valence-electron chi connectivity index (χ0n) is 16.6. The summed E-state index contributed by atoms with van der Waals surface area (Å²) in [5.74, 6) is 1.76. The van der Waals surface area contributed by atoms with Crippen molar-refractivity contribution in [3.8, 4) is 11.5 Å². The van der Waals surface area contributed by atoms with Crippen LogP contribution in [-0.2, 0) is 4.74 Å². The molecule has 150 valence electrons. The van der Waals surface area contributed by atoms with Crippen molar-refractivity contribution in [2.24, 2.45) is 10.7 Å². The molecule has 28 heavy (non-hydrogen) atoms. The first-order chi connectivity index (χ1) is 13.3. The fourth-order valence-corrected chi connectivity index (χ4v) is 2.23. The molecule has 2 rings (SSSR count). The summed E-state index contributed by atoms with van der Waals surface area (Å²) in [5, 5.41) is 5.72. The van der Waals surface area contributed by atoms with Crippen LogP contribution >= 0.6 is 0 Å². The van der Waals surface area contributed by atoms with Gasteiger partial charge in [0.25, 0.3) is 0 Å². The van der Waals surface area contributed by atoms with Gasteiger partial charge in [0.05, 0.1) is 0 Å². The van der Waals surface area contributed by atoms with Crippen LogP contribution in [0.3, 0.4) is 0 Å². The van der Waals surface area contributed by atoms with Crippen molar-refractivity contribution in [3.63, 3.8) is 0 Å². The van der Waals surface area contributed by atoms with Crippen LogP contribution < -0.4 is 21.1 Å². The van der Waals surface area contributed by atoms with Gasteiger partial charge in [-0.15, -0.1) is 0 Å². The lowest BCUT2D eigenvalue weighted by molar-refractivity contribution is 0.0527. The summed E-state index contributed by atoms with van der Waals surface area (Å²) in [6, 6.07) is 17.0. The Balaban J connectivity index is 1.75. The maximum absolute atomic E-state index is 11.5. The number of carbonyl (C=O) groups is 1. The number of guanidine groups is 1. The number of rotatable bonds is 7. The maximum atomic E-state index is 11.5. The fourth-order valence-electron chi connectivity index (χ4n) is 2.23. The van der Waals surface area contributed by atoms with Crippen LogP contribution in [0.25, 0.3) is 0 Å². The highest BCUT2D eigenvalue weighted by Crippen LogP contribution is 2.23. The molecular formula is C21H28N4O3. The molecule has 2 aromatic carbocycles. The molecule has 0 aliphatic heterocycles. The molecule has 0 radical (unpaired) electrons. The summed E-state index contributed by atoms with van der Waals surface area (Å²) in [5.41, 5.74) is 6.19. The monoisotopic (exact) mass is 384 g/mol. The SMILES string of the molecule is CC(C)(C)OC(=O)NCCCN=C(N)Nc1cccc(Oc2ccccc2)c1. The number of para-hydroxylation sites is 1. The molecule has 7 heteroatoms. The van der Waals surface area contributed by atoms with Gasteiger partial charge in [-0.1, -0.05) is 24.3 Å². The van der Waals surface area contributed by atoms with Gasteiger partial charge in [0, 0.05) is 24.8 Å². The van der Waals surface area contributed by atoms with Crippen molar-refractivity contribution in [2.75, 3.05) is 18.4 Å². The van der Waals surface area contributed by atoms with Crippen LogP contribution in [0.2, 0.25) is 0 Å². The van der Waals surface area contributed by atoms with E-state index in [2.05, 4.69) is 15.6 Å². The number of amides is 1. The Hall–Kier alpha value is -3.22. The number of carbonyl (C=O) groups excluding carboxylic acids is 1. The highest BCUT2D eigenvalue weighted by molar-refractivity contribution is 5.92. The van der Waals surface area contributed by atoms with Gasteiger partial charge >= 0.3 is 6.09 Å². The first kappa shape index (κ1) is 21.1. The molecule has 0 unspecified atom stereocenters. The van der Waals surface area contributed by atoms with Gasteiger partial charge in [-0.2, -0.15) is 0 Å². The first-order valence-corrected chi connectivity index (χ1v) is 9.18. The van der Waals surface area contributed by atoms with Crippen molar-refractivity contribution < 1.29 is 14.3 Å². The van der Waals surface area contributed by atoms with Gasteiger partial charge in [-0.05, 0) is 51.5 Å². The lowest BCUT2D eigenvalue weighted by atomic mass is 10.2. The number of hydrogen-bond donors (Lipinski definition) is 3. The number of hydrogen-bond acceptors (Lipinski definition) is 4. The number of alkyl carbamates (subject to hydrolysis) is 1. The van der Waals surface area contributed by atoms with Crippen LogP contribution in [0.1, 0.15) is 27.2 Å². The smallest absolute Gasteiger partial charge is 0.407 e. The zero-order chi connectivity index (χ0) is 20.4. The van der Waals surface area contributed by atoms with E-state index in [0.29, 0.717) is 31.2 Å². The minimum absolute atomic E-state index is 0.300. The van der Waals surface area contributed by atoms with Crippen molar-refractivity contribution >= 4 is 17.7 Å². The summed E-state index contributed by atoms with van der Waals surface area (Å²) in [7, 11) is 0. The number of nitrogens with two attached hydrogens (primary N) is 1. The topological polar surface area (TPSA) is 98.0 Å². The zero-order valence-corrected chi connectivity index (χ0v) is 16.6. The summed E-state index contributed by atoms with van der Waals surface area (Å²) in [6.07, 6.45) is 0.219. The standard InChI is InChI=1S/C21H28N4O3/c1-21(2,3)28-20(26)24-14-8-13-23-19(22)25-16-9-7-12-18(15-16)27-17-10-5-4-6-11-17/h4-7,9-12,15H,8,13-14H2,1-3H3,(H,24,26)(H3,22,23,25). The van der Waals surface area contributed by atoms with Crippen LogP contribution in [0.15, 0.2) is 59.6 Å². The van der Waals surface area contributed by atoms with Crippen LogP contribution in [0.4, 0.5) is 10.5 Å². The molecular weight excluding hydrogens is 356 g/mol. The number of benzene rings is 2. The second kappa shape index (κ2) is 10.2. The number of aliphatic imine (C=N–C) groups is 1. The molecule has 0 aromatic heterocycles. The Morgan fingerprint density at radius 3 is 2.50 bits per heavy atom. The van der Waals surface area contributed by atoms with Gasteiger partial charge in [0.15, 0.2) is 5.96 Å². The van der Waals surface area contributed by atoms with E-state index >= 15 is 0 Å². The molecule has 4 N–H and O–H groups in total. The molecule has 0 atom stereocenters. The van der Waals surface area contributed by atoms with Crippen LogP contribution in [0.5, 0.6) is 11.5 Å². The molecule has 2 aromatic rings. The molecule has 0 saturated heterocycles. The van der Waals surface area contributed by atoms with E-state index in [0.717, 1.165) is 11.4 Å². The number of ether oxygens (including phenoxy) is 2. The van der Waals surface area contributed by atoms with E-state index in [9.17, 15) is 4.79 Å². The average molecular weight is 384 g/mol. The molecule has 1 amide bonds. The molecule has 0 fully saturated rings. The van der Waals surface area contributed by atoms with E-state index in [1.165, 1.54) is 0 Å². The Kier molecular flexibility index (Phi) is 7.68. The Morgan fingerprint density at radius 1 is 1.07 bits per heavy atom. The summed E-state index contributed by atoms with van der Waals surface area (Å²) in [4.78, 5) is 15.8. The van der Waals surface area contributed by atoms with E-state index in [1.54, 1.807) is 0 Å². The number of nitrogens with zero attached hydrogens (tertiary/aromatic N) is 1. The minimum atomic E-state index is -0.505. The van der Waals surface area contributed by atoms with Crippen molar-refractivity contribution in [1.29, 1.82) is 0 Å². The van der Waals surface area contributed by atoms with Crippen molar-refractivity contribution in [2.45, 2.75) is 32.8 Å². The van der Waals surface area contributed by atoms with Crippen LogP contribution in [0, 0.1) is 0 Å². The highest BCUT2D eigenvalue weighted by Gasteiger charge is 2.15. The third-order valence-electron chi connectivity index (χ3n) is 3.37. The highest BCUT2D eigenvalue weighted by atomic mass is 16.6. The van der Waals surface area contributed by atoms with Gasteiger partial charge < -0.3 is 25.8 Å². The predicted octanol–water partition coefficient (Wildman–Crippen LogP) is 4.12. The largest absolute Gasteiger partial charge is 0.457 e. The van der Waals surface area contributed by atoms with Crippen molar-refractivity contribution in [3.05, 3.63) is 54.6 Å². The number of nitrogens with one attached hydrogen (secondary N) is 2. The van der Waals surface area contributed by atoms with Gasteiger partial charge in [0.2, 0.25) is 0 Å². The van der Waals surface area contributed by atoms with E-state index in [4.69, 9.17) is 15.2 Å². The predicted molar refractivity (Wildman–Crippen MR) is 112 cm³/mol. The van der Waals surface area contributed by atoms with Gasteiger partial charge in [-0.3, -0.25) is 4.99 Å². The molecule has 0 heterocycles. The fraction of sp³-hybridized carbons (Fsp3) is 0.333. The van der Waals surface area contributed by atoms with Crippen molar-refractivity contribution in [1.82, 2.24) is 5.32 Å². The summed E-state index contributed by atoms with van der Waals surface area (Å²) >= 11 is 0. The van der Waals surface area contributed by atoms with Gasteiger partial charge in [-0.25, -0.2) is 4.79 Å². The Bertz CT molecular complexity index is 786. The molecule has 0 aliphatic carbocycles. The lowest BCUT2D eigenvalue weighted by Gasteiger charge is -2.19. The second-order valence-electron chi connectivity index (χ2n) is 7.12.